The zero-order valence-corrected chi connectivity index (χ0v) is 13.6. The molecule has 0 N–H and O–H groups in total. The molecule has 5 nitrogen and oxygen atoms in total. The fourth-order valence-corrected chi connectivity index (χ4v) is 2.67. The van der Waals surface area contributed by atoms with Crippen molar-refractivity contribution in [3.8, 4) is 11.1 Å². The van der Waals surface area contributed by atoms with Crippen molar-refractivity contribution < 1.29 is 23.5 Å². The van der Waals surface area contributed by atoms with Crippen LogP contribution in [-0.2, 0) is 9.47 Å². The largest absolute Gasteiger partial charge is 0.465 e. The second-order valence-electron chi connectivity index (χ2n) is 5.32. The van der Waals surface area contributed by atoms with Crippen molar-refractivity contribution in [1.82, 2.24) is 0 Å². The standard InChI is InChI=1S/C19H16O5/c1-11-10-16-14(8-9-15(17(16)24-11)19(21)23-3)12-4-6-13(7-5-12)18(20)22-2/h4-10H,1-3H3. The van der Waals surface area contributed by atoms with Crippen molar-refractivity contribution in [3.63, 3.8) is 0 Å². The second-order valence-corrected chi connectivity index (χ2v) is 5.32. The number of fused-ring (bicyclic) bond motifs is 1. The minimum absolute atomic E-state index is 0.383. The molecular formula is C19H16O5. The summed E-state index contributed by atoms with van der Waals surface area (Å²) in [5.41, 5.74) is 3.17. The monoisotopic (exact) mass is 324 g/mol. The van der Waals surface area contributed by atoms with Gasteiger partial charge >= 0.3 is 11.9 Å². The number of ether oxygens (including phenoxy) is 2. The summed E-state index contributed by atoms with van der Waals surface area (Å²) < 4.78 is 15.2. The molecule has 1 aromatic heterocycles. The van der Waals surface area contributed by atoms with Gasteiger partial charge in [-0.1, -0.05) is 18.2 Å². The molecule has 0 aliphatic rings. The van der Waals surface area contributed by atoms with E-state index in [-0.39, 0.29) is 5.97 Å². The smallest absolute Gasteiger partial charge is 0.341 e. The number of hydrogen-bond acceptors (Lipinski definition) is 5. The molecule has 3 aromatic rings. The third-order valence-electron chi connectivity index (χ3n) is 3.83. The highest BCUT2D eigenvalue weighted by Gasteiger charge is 2.17. The Morgan fingerprint density at radius 3 is 2.21 bits per heavy atom. The first-order valence-corrected chi connectivity index (χ1v) is 7.35. The molecule has 0 unspecified atom stereocenters. The molecule has 0 amide bonds. The predicted octanol–water partition coefficient (Wildman–Crippen LogP) is 3.98. The van der Waals surface area contributed by atoms with E-state index in [9.17, 15) is 9.59 Å². The zero-order valence-electron chi connectivity index (χ0n) is 13.6. The maximum absolute atomic E-state index is 11.9. The number of benzene rings is 2. The Kier molecular flexibility index (Phi) is 4.08. The quantitative estimate of drug-likeness (QED) is 0.682. The van der Waals surface area contributed by atoms with Crippen LogP contribution in [0.1, 0.15) is 26.5 Å². The molecule has 5 heteroatoms. The molecule has 0 atom stereocenters. The van der Waals surface area contributed by atoms with Gasteiger partial charge < -0.3 is 13.9 Å². The number of furan rings is 1. The predicted molar refractivity (Wildman–Crippen MR) is 89.1 cm³/mol. The van der Waals surface area contributed by atoms with Gasteiger partial charge in [0.2, 0.25) is 0 Å². The Hall–Kier alpha value is -3.08. The SMILES string of the molecule is COC(=O)c1ccc(-c2ccc(C(=O)OC)c3oc(C)cc23)cc1. The lowest BCUT2D eigenvalue weighted by Gasteiger charge is -2.07. The van der Waals surface area contributed by atoms with E-state index in [1.54, 1.807) is 18.2 Å². The van der Waals surface area contributed by atoms with Crippen molar-refractivity contribution in [3.05, 3.63) is 59.4 Å². The Morgan fingerprint density at radius 2 is 1.58 bits per heavy atom. The van der Waals surface area contributed by atoms with E-state index in [1.807, 2.05) is 31.2 Å². The molecule has 0 aliphatic heterocycles. The van der Waals surface area contributed by atoms with E-state index in [4.69, 9.17) is 13.9 Å². The highest BCUT2D eigenvalue weighted by atomic mass is 16.5. The molecule has 0 saturated carbocycles. The van der Waals surface area contributed by atoms with Crippen LogP contribution in [0, 0.1) is 6.92 Å². The van der Waals surface area contributed by atoms with Crippen molar-refractivity contribution in [1.29, 1.82) is 0 Å². The van der Waals surface area contributed by atoms with Crippen LogP contribution in [-0.4, -0.2) is 26.2 Å². The van der Waals surface area contributed by atoms with Crippen molar-refractivity contribution in [2.24, 2.45) is 0 Å². The van der Waals surface area contributed by atoms with Gasteiger partial charge in [0.1, 0.15) is 16.9 Å². The molecular weight excluding hydrogens is 308 g/mol. The molecule has 2 aromatic carbocycles. The molecule has 24 heavy (non-hydrogen) atoms. The minimum Gasteiger partial charge on any atom is -0.465 e. The van der Waals surface area contributed by atoms with Crippen molar-refractivity contribution in [2.45, 2.75) is 6.92 Å². The van der Waals surface area contributed by atoms with Gasteiger partial charge in [-0.15, -0.1) is 0 Å². The minimum atomic E-state index is -0.443. The molecule has 0 spiro atoms. The first kappa shape index (κ1) is 15.8. The lowest BCUT2D eigenvalue weighted by molar-refractivity contribution is 0.0592. The average molecular weight is 324 g/mol. The number of aryl methyl sites for hydroxylation is 1. The second kappa shape index (κ2) is 6.20. The zero-order chi connectivity index (χ0) is 17.3. The number of carbonyl (C=O) groups excluding carboxylic acids is 2. The van der Waals surface area contributed by atoms with Crippen molar-refractivity contribution in [2.75, 3.05) is 14.2 Å². The van der Waals surface area contributed by atoms with Crippen LogP contribution >= 0.6 is 0 Å². The van der Waals surface area contributed by atoms with E-state index < -0.39 is 5.97 Å². The average Bonchev–Trinajstić information content (AvgIpc) is 3.00. The highest BCUT2D eigenvalue weighted by molar-refractivity contribution is 6.07. The first-order chi connectivity index (χ1) is 11.5. The van der Waals surface area contributed by atoms with E-state index in [0.29, 0.717) is 22.5 Å². The van der Waals surface area contributed by atoms with E-state index in [0.717, 1.165) is 16.5 Å². The number of carbonyl (C=O) groups is 2. The van der Waals surface area contributed by atoms with E-state index in [2.05, 4.69) is 0 Å². The summed E-state index contributed by atoms with van der Waals surface area (Å²) in [5, 5.41) is 0.821. The Labute approximate surface area is 138 Å². The maximum Gasteiger partial charge on any atom is 0.341 e. The van der Waals surface area contributed by atoms with Crippen molar-refractivity contribution >= 4 is 22.9 Å². The molecule has 0 radical (unpaired) electrons. The summed E-state index contributed by atoms with van der Waals surface area (Å²) in [6, 6.07) is 12.5. The maximum atomic E-state index is 11.9. The van der Waals surface area contributed by atoms with Crippen LogP contribution in [0.2, 0.25) is 0 Å². The van der Waals surface area contributed by atoms with Crippen LogP contribution in [0.15, 0.2) is 46.9 Å². The van der Waals surface area contributed by atoms with Crippen LogP contribution in [0.25, 0.3) is 22.1 Å². The van der Waals surface area contributed by atoms with Gasteiger partial charge in [-0.25, -0.2) is 9.59 Å². The fourth-order valence-electron chi connectivity index (χ4n) is 2.67. The third kappa shape index (κ3) is 2.65. The number of methoxy groups -OCH3 is 2. The molecule has 3 rings (SSSR count). The van der Waals surface area contributed by atoms with Crippen LogP contribution in [0.5, 0.6) is 0 Å². The van der Waals surface area contributed by atoms with E-state index in [1.165, 1.54) is 14.2 Å². The summed E-state index contributed by atoms with van der Waals surface area (Å²) in [4.78, 5) is 23.4. The number of hydrogen-bond donors (Lipinski definition) is 0. The van der Waals surface area contributed by atoms with E-state index >= 15 is 0 Å². The summed E-state index contributed by atoms with van der Waals surface area (Å²) >= 11 is 0. The normalized spacial score (nSPS) is 10.6. The number of esters is 2. The molecule has 1 heterocycles. The van der Waals surface area contributed by atoms with Crippen LogP contribution in [0.3, 0.4) is 0 Å². The van der Waals surface area contributed by atoms with Gasteiger partial charge in [-0.3, -0.25) is 0 Å². The molecule has 122 valence electrons. The summed E-state index contributed by atoms with van der Waals surface area (Å²) in [5.74, 6) is -0.123. The third-order valence-corrected chi connectivity index (χ3v) is 3.83. The molecule has 0 bridgehead atoms. The Bertz CT molecular complexity index is 919. The Balaban J connectivity index is 2.13. The number of rotatable bonds is 3. The van der Waals surface area contributed by atoms with Gasteiger partial charge in [-0.05, 0) is 42.3 Å². The van der Waals surface area contributed by atoms with Gasteiger partial charge in [0.05, 0.1) is 19.8 Å². The first-order valence-electron chi connectivity index (χ1n) is 7.35. The summed E-state index contributed by atoms with van der Waals surface area (Å²) in [7, 11) is 2.68. The van der Waals surface area contributed by atoms with Gasteiger partial charge in [0, 0.05) is 5.39 Å². The molecule has 0 fully saturated rings. The Morgan fingerprint density at radius 1 is 0.917 bits per heavy atom. The van der Waals surface area contributed by atoms with Gasteiger partial charge in [0.25, 0.3) is 0 Å². The fraction of sp³-hybridized carbons (Fsp3) is 0.158. The van der Waals surface area contributed by atoms with Crippen LogP contribution < -0.4 is 0 Å². The van der Waals surface area contributed by atoms with Crippen LogP contribution in [0.4, 0.5) is 0 Å². The lowest BCUT2D eigenvalue weighted by atomic mass is 9.98. The summed E-state index contributed by atoms with van der Waals surface area (Å²) in [6.07, 6.45) is 0. The topological polar surface area (TPSA) is 65.7 Å². The highest BCUT2D eigenvalue weighted by Crippen LogP contribution is 2.33. The van der Waals surface area contributed by atoms with Gasteiger partial charge in [0.15, 0.2) is 0 Å². The van der Waals surface area contributed by atoms with Gasteiger partial charge in [-0.2, -0.15) is 0 Å². The molecule has 0 saturated heterocycles. The summed E-state index contributed by atoms with van der Waals surface area (Å²) in [6.45, 7) is 1.82. The lowest BCUT2D eigenvalue weighted by Crippen LogP contribution is -2.02. The molecule has 0 aliphatic carbocycles.